The van der Waals surface area contributed by atoms with Gasteiger partial charge in [-0.25, -0.2) is 4.79 Å². The molecule has 1 aliphatic rings. The van der Waals surface area contributed by atoms with Gasteiger partial charge < -0.3 is 24.8 Å². The Balaban J connectivity index is 1.54. The van der Waals surface area contributed by atoms with Crippen molar-refractivity contribution in [3.63, 3.8) is 0 Å². The van der Waals surface area contributed by atoms with Crippen molar-refractivity contribution in [1.82, 2.24) is 10.2 Å². The van der Waals surface area contributed by atoms with E-state index in [-0.39, 0.29) is 18.4 Å². The van der Waals surface area contributed by atoms with Crippen molar-refractivity contribution >= 4 is 23.6 Å². The molecule has 0 spiro atoms. The SMILES string of the molecule is COCCNC(=O)[C@@H]1[C@H](c2ccc(NC(=O)c3ccc(C)cc3)cc2)OC(=O)N1Cc1cccc(OC)c1. The molecule has 1 saturated heterocycles. The number of rotatable bonds is 10. The third-order valence-corrected chi connectivity index (χ3v) is 6.26. The first kappa shape index (κ1) is 26.7. The summed E-state index contributed by atoms with van der Waals surface area (Å²) in [6, 6.07) is 20.6. The number of carbonyl (C=O) groups excluding carboxylic acids is 3. The van der Waals surface area contributed by atoms with Crippen LogP contribution >= 0.6 is 0 Å². The number of anilines is 1. The van der Waals surface area contributed by atoms with Gasteiger partial charge in [0.1, 0.15) is 5.75 Å². The van der Waals surface area contributed by atoms with Crippen LogP contribution in [0.15, 0.2) is 72.8 Å². The molecule has 3 aromatic carbocycles. The monoisotopic (exact) mass is 517 g/mol. The summed E-state index contributed by atoms with van der Waals surface area (Å²) < 4.78 is 16.0. The molecule has 2 atom stereocenters. The van der Waals surface area contributed by atoms with Crippen LogP contribution in [0.25, 0.3) is 0 Å². The highest BCUT2D eigenvalue weighted by atomic mass is 16.6. The zero-order valence-corrected chi connectivity index (χ0v) is 21.6. The third kappa shape index (κ3) is 6.30. The van der Waals surface area contributed by atoms with Gasteiger partial charge >= 0.3 is 6.09 Å². The van der Waals surface area contributed by atoms with Crippen molar-refractivity contribution in [2.45, 2.75) is 25.6 Å². The molecule has 9 nitrogen and oxygen atoms in total. The number of methoxy groups -OCH3 is 2. The molecular formula is C29H31N3O6. The number of hydrogen-bond donors (Lipinski definition) is 2. The van der Waals surface area contributed by atoms with E-state index in [0.29, 0.717) is 35.7 Å². The van der Waals surface area contributed by atoms with Crippen LogP contribution in [0.2, 0.25) is 0 Å². The van der Waals surface area contributed by atoms with Crippen LogP contribution in [-0.2, 0) is 20.8 Å². The number of carbonyl (C=O) groups is 3. The molecule has 198 valence electrons. The van der Waals surface area contributed by atoms with Gasteiger partial charge in [-0.1, -0.05) is 42.0 Å². The van der Waals surface area contributed by atoms with Gasteiger partial charge in [-0.3, -0.25) is 14.5 Å². The number of hydrogen-bond acceptors (Lipinski definition) is 6. The number of nitrogens with zero attached hydrogens (tertiary/aromatic N) is 1. The Morgan fingerprint density at radius 1 is 1.00 bits per heavy atom. The molecule has 0 aromatic heterocycles. The Hall–Kier alpha value is -4.37. The van der Waals surface area contributed by atoms with Crippen molar-refractivity contribution in [2.75, 3.05) is 32.7 Å². The molecule has 1 heterocycles. The molecule has 0 unspecified atom stereocenters. The molecule has 0 aliphatic carbocycles. The minimum atomic E-state index is -0.904. The summed E-state index contributed by atoms with van der Waals surface area (Å²) >= 11 is 0. The molecule has 0 saturated carbocycles. The molecule has 1 fully saturated rings. The molecule has 38 heavy (non-hydrogen) atoms. The Morgan fingerprint density at radius 3 is 2.42 bits per heavy atom. The highest BCUT2D eigenvalue weighted by Crippen LogP contribution is 2.35. The lowest BCUT2D eigenvalue weighted by molar-refractivity contribution is -0.126. The van der Waals surface area contributed by atoms with Crippen LogP contribution in [0.3, 0.4) is 0 Å². The van der Waals surface area contributed by atoms with Crippen LogP contribution < -0.4 is 15.4 Å². The summed E-state index contributed by atoms with van der Waals surface area (Å²) in [7, 11) is 3.11. The maximum atomic E-state index is 13.2. The summed E-state index contributed by atoms with van der Waals surface area (Å²) in [5, 5.41) is 5.69. The minimum absolute atomic E-state index is 0.166. The topological polar surface area (TPSA) is 106 Å². The molecule has 0 bridgehead atoms. The lowest BCUT2D eigenvalue weighted by atomic mass is 10.00. The van der Waals surface area contributed by atoms with Gasteiger partial charge in [0.2, 0.25) is 5.91 Å². The van der Waals surface area contributed by atoms with E-state index < -0.39 is 18.2 Å². The number of ether oxygens (including phenoxy) is 3. The van der Waals surface area contributed by atoms with E-state index in [2.05, 4.69) is 10.6 Å². The van der Waals surface area contributed by atoms with Gasteiger partial charge in [-0.2, -0.15) is 0 Å². The van der Waals surface area contributed by atoms with Crippen LogP contribution in [-0.4, -0.2) is 56.2 Å². The minimum Gasteiger partial charge on any atom is -0.497 e. The fraction of sp³-hybridized carbons (Fsp3) is 0.276. The zero-order chi connectivity index (χ0) is 27.1. The highest BCUT2D eigenvalue weighted by molar-refractivity contribution is 6.04. The van der Waals surface area contributed by atoms with Crippen molar-refractivity contribution in [2.24, 2.45) is 0 Å². The number of nitrogens with one attached hydrogen (secondary N) is 2. The van der Waals surface area contributed by atoms with Gasteiger partial charge in [0.25, 0.3) is 5.91 Å². The van der Waals surface area contributed by atoms with E-state index in [9.17, 15) is 14.4 Å². The molecule has 3 aromatic rings. The molecule has 0 radical (unpaired) electrons. The molecule has 4 rings (SSSR count). The summed E-state index contributed by atoms with van der Waals surface area (Å²) in [6.07, 6.45) is -1.43. The van der Waals surface area contributed by atoms with Crippen LogP contribution in [0.5, 0.6) is 5.75 Å². The molecule has 1 aliphatic heterocycles. The smallest absolute Gasteiger partial charge is 0.411 e. The Bertz CT molecular complexity index is 1280. The Labute approximate surface area is 221 Å². The predicted molar refractivity (Wildman–Crippen MR) is 142 cm³/mol. The lowest BCUT2D eigenvalue weighted by Crippen LogP contribution is -2.47. The van der Waals surface area contributed by atoms with Crippen LogP contribution in [0.4, 0.5) is 10.5 Å². The highest BCUT2D eigenvalue weighted by Gasteiger charge is 2.46. The summed E-state index contributed by atoms with van der Waals surface area (Å²) in [5.41, 5.74) is 3.62. The Kier molecular flexibility index (Phi) is 8.60. The van der Waals surface area contributed by atoms with Crippen LogP contribution in [0, 0.1) is 6.92 Å². The average Bonchev–Trinajstić information content (AvgIpc) is 3.25. The van der Waals surface area contributed by atoms with Crippen molar-refractivity contribution in [3.05, 3.63) is 95.1 Å². The van der Waals surface area contributed by atoms with E-state index in [4.69, 9.17) is 14.2 Å². The fourth-order valence-corrected chi connectivity index (χ4v) is 4.22. The number of aryl methyl sites for hydroxylation is 1. The van der Waals surface area contributed by atoms with Crippen molar-refractivity contribution in [1.29, 1.82) is 0 Å². The maximum absolute atomic E-state index is 13.2. The number of benzene rings is 3. The van der Waals surface area contributed by atoms with Gasteiger partial charge in [-0.15, -0.1) is 0 Å². The summed E-state index contributed by atoms with van der Waals surface area (Å²) in [4.78, 5) is 40.2. The Morgan fingerprint density at radius 2 is 1.74 bits per heavy atom. The molecule has 9 heteroatoms. The van der Waals surface area contributed by atoms with Crippen molar-refractivity contribution in [3.8, 4) is 5.75 Å². The predicted octanol–water partition coefficient (Wildman–Crippen LogP) is 4.08. The van der Waals surface area contributed by atoms with E-state index >= 15 is 0 Å². The normalized spacial score (nSPS) is 16.6. The molecule has 3 amide bonds. The second kappa shape index (κ2) is 12.2. The summed E-state index contributed by atoms with van der Waals surface area (Å²) in [6.45, 7) is 2.76. The van der Waals surface area contributed by atoms with Crippen LogP contribution in [0.1, 0.15) is 33.2 Å². The number of amides is 3. The summed E-state index contributed by atoms with van der Waals surface area (Å²) in [5.74, 6) is 0.0680. The molecule has 2 N–H and O–H groups in total. The average molecular weight is 518 g/mol. The van der Waals surface area contributed by atoms with E-state index in [1.54, 1.807) is 50.6 Å². The van der Waals surface area contributed by atoms with E-state index in [1.165, 1.54) is 4.90 Å². The first-order chi connectivity index (χ1) is 18.4. The lowest BCUT2D eigenvalue weighted by Gasteiger charge is -2.24. The molecular weight excluding hydrogens is 486 g/mol. The van der Waals surface area contributed by atoms with Gasteiger partial charge in [0, 0.05) is 24.9 Å². The number of cyclic esters (lactones) is 1. The van der Waals surface area contributed by atoms with E-state index in [1.807, 2.05) is 43.3 Å². The first-order valence-corrected chi connectivity index (χ1v) is 12.2. The standard InChI is InChI=1S/C29H31N3O6/c1-19-7-9-22(10-8-19)27(33)31-23-13-11-21(12-14-23)26-25(28(34)30-15-16-36-2)32(29(35)38-26)18-20-5-4-6-24(17-20)37-3/h4-14,17,25-26H,15-16,18H2,1-3H3,(H,30,34)(H,31,33)/t25-,26-/m0/s1. The fourth-order valence-electron chi connectivity index (χ4n) is 4.22. The van der Waals surface area contributed by atoms with Gasteiger partial charge in [0.15, 0.2) is 12.1 Å². The van der Waals surface area contributed by atoms with Gasteiger partial charge in [-0.05, 0) is 54.4 Å². The first-order valence-electron chi connectivity index (χ1n) is 12.2. The largest absolute Gasteiger partial charge is 0.497 e. The maximum Gasteiger partial charge on any atom is 0.411 e. The van der Waals surface area contributed by atoms with Crippen molar-refractivity contribution < 1.29 is 28.6 Å². The third-order valence-electron chi connectivity index (χ3n) is 6.26. The van der Waals surface area contributed by atoms with E-state index in [0.717, 1.165) is 11.1 Å². The second-order valence-corrected chi connectivity index (χ2v) is 8.95. The quantitative estimate of drug-likeness (QED) is 0.393. The zero-order valence-electron chi connectivity index (χ0n) is 21.6. The second-order valence-electron chi connectivity index (χ2n) is 8.95. The van der Waals surface area contributed by atoms with Gasteiger partial charge in [0.05, 0.1) is 20.3 Å².